The molecule has 1 aromatic carbocycles. The predicted molar refractivity (Wildman–Crippen MR) is 69.5 cm³/mol. The number of amides is 1. The van der Waals surface area contributed by atoms with E-state index >= 15 is 0 Å². The van der Waals surface area contributed by atoms with Gasteiger partial charge in [0, 0.05) is 35.7 Å². The monoisotopic (exact) mass is 315 g/mol. The zero-order valence-electron chi connectivity index (χ0n) is 9.92. The number of halogens is 2. The zero-order valence-corrected chi connectivity index (χ0v) is 11.5. The summed E-state index contributed by atoms with van der Waals surface area (Å²) in [4.78, 5) is 11.9. The maximum atomic E-state index is 13.5. The number of hydrogen-bond donors (Lipinski definition) is 1. The smallest absolute Gasteiger partial charge is 0.223 e. The van der Waals surface area contributed by atoms with Gasteiger partial charge in [0.25, 0.3) is 0 Å². The molecule has 1 aromatic rings. The fourth-order valence-corrected chi connectivity index (χ4v) is 2.28. The summed E-state index contributed by atoms with van der Waals surface area (Å²) in [7, 11) is 0. The highest BCUT2D eigenvalue weighted by molar-refractivity contribution is 9.10. The summed E-state index contributed by atoms with van der Waals surface area (Å²) in [6.07, 6.45) is 1.49. The lowest BCUT2D eigenvalue weighted by Crippen LogP contribution is -2.34. The molecule has 0 bridgehead atoms. The van der Waals surface area contributed by atoms with Gasteiger partial charge < -0.3 is 10.1 Å². The third-order valence-corrected chi connectivity index (χ3v) is 3.55. The molecule has 0 radical (unpaired) electrons. The minimum absolute atomic E-state index is 0.00254. The van der Waals surface area contributed by atoms with Crippen LogP contribution in [0.3, 0.4) is 0 Å². The van der Waals surface area contributed by atoms with Gasteiger partial charge in [-0.15, -0.1) is 0 Å². The molecule has 0 aromatic heterocycles. The minimum atomic E-state index is -0.309. The number of carbonyl (C=O) groups is 1. The zero-order chi connectivity index (χ0) is 13.0. The highest BCUT2D eigenvalue weighted by Gasteiger charge is 2.21. The number of nitrogens with one attached hydrogen (secondary N) is 1. The van der Waals surface area contributed by atoms with Crippen LogP contribution in [0.15, 0.2) is 22.7 Å². The topological polar surface area (TPSA) is 38.3 Å². The molecular weight excluding hydrogens is 301 g/mol. The van der Waals surface area contributed by atoms with Crippen LogP contribution in [0.1, 0.15) is 18.4 Å². The Kier molecular flexibility index (Phi) is 4.72. The molecule has 5 heteroatoms. The first kappa shape index (κ1) is 13.5. The lowest BCUT2D eigenvalue weighted by molar-refractivity contribution is -0.128. The first-order chi connectivity index (χ1) is 8.66. The summed E-state index contributed by atoms with van der Waals surface area (Å²) in [6.45, 7) is 1.49. The Morgan fingerprint density at radius 2 is 2.17 bits per heavy atom. The van der Waals surface area contributed by atoms with E-state index in [2.05, 4.69) is 21.2 Å². The largest absolute Gasteiger partial charge is 0.381 e. The van der Waals surface area contributed by atoms with Crippen molar-refractivity contribution in [1.29, 1.82) is 0 Å². The lowest BCUT2D eigenvalue weighted by atomic mass is 9.99. The average Bonchev–Trinajstić information content (AvgIpc) is 2.38. The molecule has 2 rings (SSSR count). The number of carbonyl (C=O) groups excluding carboxylic acids is 1. The molecule has 0 spiro atoms. The number of hydrogen-bond acceptors (Lipinski definition) is 2. The van der Waals surface area contributed by atoms with E-state index in [0.717, 1.165) is 12.8 Å². The van der Waals surface area contributed by atoms with Crippen LogP contribution in [0, 0.1) is 11.7 Å². The molecule has 0 atom stereocenters. The molecule has 1 amide bonds. The maximum absolute atomic E-state index is 13.5. The van der Waals surface area contributed by atoms with Crippen molar-refractivity contribution in [2.75, 3.05) is 13.2 Å². The van der Waals surface area contributed by atoms with Crippen molar-refractivity contribution in [2.45, 2.75) is 19.4 Å². The lowest BCUT2D eigenvalue weighted by Gasteiger charge is -2.21. The standard InChI is InChI=1S/C13H15BrFNO2/c14-11-2-1-10(12(15)7-11)8-16-13(17)9-3-5-18-6-4-9/h1-2,7,9H,3-6,8H2,(H,16,17). The van der Waals surface area contributed by atoms with Crippen LogP contribution in [-0.4, -0.2) is 19.1 Å². The highest BCUT2D eigenvalue weighted by atomic mass is 79.9. The Morgan fingerprint density at radius 1 is 1.44 bits per heavy atom. The second-order valence-electron chi connectivity index (χ2n) is 4.34. The third kappa shape index (κ3) is 3.53. The molecule has 0 aliphatic carbocycles. The van der Waals surface area contributed by atoms with Crippen molar-refractivity contribution >= 4 is 21.8 Å². The first-order valence-corrected chi connectivity index (χ1v) is 6.75. The molecule has 3 nitrogen and oxygen atoms in total. The minimum Gasteiger partial charge on any atom is -0.381 e. The molecule has 1 aliphatic heterocycles. The van der Waals surface area contributed by atoms with Crippen molar-refractivity contribution in [3.8, 4) is 0 Å². The summed E-state index contributed by atoms with van der Waals surface area (Å²) in [5, 5.41) is 2.78. The highest BCUT2D eigenvalue weighted by Crippen LogP contribution is 2.17. The van der Waals surface area contributed by atoms with E-state index in [0.29, 0.717) is 23.2 Å². The van der Waals surface area contributed by atoms with Crippen LogP contribution in [0.4, 0.5) is 4.39 Å². The van der Waals surface area contributed by atoms with Crippen molar-refractivity contribution in [3.05, 3.63) is 34.1 Å². The van der Waals surface area contributed by atoms with Gasteiger partial charge in [-0.2, -0.15) is 0 Å². The molecule has 1 fully saturated rings. The Bertz CT molecular complexity index is 433. The average molecular weight is 316 g/mol. The van der Waals surface area contributed by atoms with Gasteiger partial charge in [-0.05, 0) is 25.0 Å². The third-order valence-electron chi connectivity index (χ3n) is 3.06. The number of benzene rings is 1. The predicted octanol–water partition coefficient (Wildman–Crippen LogP) is 2.63. The van der Waals surface area contributed by atoms with E-state index < -0.39 is 0 Å². The second kappa shape index (κ2) is 6.29. The Balaban J connectivity index is 1.88. The summed E-state index contributed by atoms with van der Waals surface area (Å²) in [6, 6.07) is 4.83. The van der Waals surface area contributed by atoms with Gasteiger partial charge in [0.1, 0.15) is 5.82 Å². The fourth-order valence-electron chi connectivity index (χ4n) is 1.95. The van der Waals surface area contributed by atoms with Crippen molar-refractivity contribution < 1.29 is 13.9 Å². The molecule has 0 saturated carbocycles. The Hall–Kier alpha value is -0.940. The van der Waals surface area contributed by atoms with E-state index in [-0.39, 0.29) is 24.2 Å². The van der Waals surface area contributed by atoms with Gasteiger partial charge in [-0.25, -0.2) is 4.39 Å². The van der Waals surface area contributed by atoms with Crippen molar-refractivity contribution in [1.82, 2.24) is 5.32 Å². The van der Waals surface area contributed by atoms with Gasteiger partial charge in [0.05, 0.1) is 0 Å². The van der Waals surface area contributed by atoms with E-state index in [1.807, 2.05) is 0 Å². The molecule has 1 saturated heterocycles. The fraction of sp³-hybridized carbons (Fsp3) is 0.462. The molecule has 1 N–H and O–H groups in total. The normalized spacial score (nSPS) is 16.6. The number of rotatable bonds is 3. The van der Waals surface area contributed by atoms with Gasteiger partial charge in [0.2, 0.25) is 5.91 Å². The van der Waals surface area contributed by atoms with Crippen LogP contribution in [0.2, 0.25) is 0 Å². The first-order valence-electron chi connectivity index (χ1n) is 5.96. The van der Waals surface area contributed by atoms with E-state index in [1.165, 1.54) is 6.07 Å². The van der Waals surface area contributed by atoms with Crippen molar-refractivity contribution in [3.63, 3.8) is 0 Å². The second-order valence-corrected chi connectivity index (χ2v) is 5.26. The van der Waals surface area contributed by atoms with E-state index in [4.69, 9.17) is 4.74 Å². The van der Waals surface area contributed by atoms with Crippen LogP contribution in [-0.2, 0) is 16.1 Å². The molecule has 0 unspecified atom stereocenters. The molecule has 18 heavy (non-hydrogen) atoms. The Labute approximate surface area is 114 Å². The van der Waals surface area contributed by atoms with Crippen LogP contribution >= 0.6 is 15.9 Å². The van der Waals surface area contributed by atoms with Gasteiger partial charge in [-0.3, -0.25) is 4.79 Å². The SMILES string of the molecule is O=C(NCc1ccc(Br)cc1F)C1CCOCC1. The van der Waals surface area contributed by atoms with Gasteiger partial charge in [0.15, 0.2) is 0 Å². The van der Waals surface area contributed by atoms with Crippen LogP contribution in [0.25, 0.3) is 0 Å². The molecule has 1 heterocycles. The Morgan fingerprint density at radius 3 is 2.83 bits per heavy atom. The van der Waals surface area contributed by atoms with Crippen LogP contribution < -0.4 is 5.32 Å². The van der Waals surface area contributed by atoms with Gasteiger partial charge >= 0.3 is 0 Å². The maximum Gasteiger partial charge on any atom is 0.223 e. The van der Waals surface area contributed by atoms with E-state index in [9.17, 15) is 9.18 Å². The molecule has 1 aliphatic rings. The van der Waals surface area contributed by atoms with Crippen molar-refractivity contribution in [2.24, 2.45) is 5.92 Å². The summed E-state index contributed by atoms with van der Waals surface area (Å²) in [5.41, 5.74) is 0.499. The van der Waals surface area contributed by atoms with Crippen LogP contribution in [0.5, 0.6) is 0 Å². The number of ether oxygens (including phenoxy) is 1. The van der Waals surface area contributed by atoms with E-state index in [1.54, 1.807) is 12.1 Å². The summed E-state index contributed by atoms with van der Waals surface area (Å²) < 4.78 is 19.4. The quantitative estimate of drug-likeness (QED) is 0.931. The molecule has 98 valence electrons. The summed E-state index contributed by atoms with van der Waals surface area (Å²) in [5.74, 6) is -0.325. The van der Waals surface area contributed by atoms with Gasteiger partial charge in [-0.1, -0.05) is 22.0 Å². The summed E-state index contributed by atoms with van der Waals surface area (Å²) >= 11 is 3.20. The molecular formula is C13H15BrFNO2.